The van der Waals surface area contributed by atoms with Crippen molar-refractivity contribution in [2.24, 2.45) is 5.73 Å². The molecular weight excluding hydrogens is 368 g/mol. The second kappa shape index (κ2) is 7.05. The molecule has 0 spiro atoms. The molecule has 1 aliphatic carbocycles. The van der Waals surface area contributed by atoms with E-state index in [0.717, 1.165) is 51.2 Å². The van der Waals surface area contributed by atoms with Gasteiger partial charge in [-0.2, -0.15) is 0 Å². The predicted octanol–water partition coefficient (Wildman–Crippen LogP) is 4.12. The number of benzene rings is 1. The van der Waals surface area contributed by atoms with Gasteiger partial charge < -0.3 is 11.1 Å². The SMILES string of the molecule is NC(=O)Cc1ccc(Nc2nc(-c3ccc(Cl)s3)nc3c2CCC3)cc1. The standard InChI is InChI=1S/C19H17ClN4OS/c20-16-9-8-15(26-16)19-23-14-3-1-2-13(14)18(24-19)22-12-6-4-11(5-7-12)10-17(21)25/h4-9H,1-3,10H2,(H2,21,25)(H,22,23,24). The van der Waals surface area contributed by atoms with Crippen molar-refractivity contribution in [3.05, 3.63) is 57.6 Å². The lowest BCUT2D eigenvalue weighted by Crippen LogP contribution is -2.13. The zero-order valence-electron chi connectivity index (χ0n) is 14.0. The minimum Gasteiger partial charge on any atom is -0.369 e. The molecule has 0 unspecified atom stereocenters. The first-order valence-corrected chi connectivity index (χ1v) is 9.58. The number of aromatic nitrogens is 2. The number of hydrogen-bond donors (Lipinski definition) is 2. The number of nitrogens with one attached hydrogen (secondary N) is 1. The van der Waals surface area contributed by atoms with Gasteiger partial charge in [0.2, 0.25) is 5.91 Å². The molecule has 2 aromatic heterocycles. The fourth-order valence-electron chi connectivity index (χ4n) is 3.12. The minimum atomic E-state index is -0.335. The van der Waals surface area contributed by atoms with Crippen molar-refractivity contribution in [2.45, 2.75) is 25.7 Å². The summed E-state index contributed by atoms with van der Waals surface area (Å²) < 4.78 is 0.726. The zero-order valence-corrected chi connectivity index (χ0v) is 15.5. The Kier molecular flexibility index (Phi) is 4.61. The van der Waals surface area contributed by atoms with Gasteiger partial charge in [0.15, 0.2) is 5.82 Å². The van der Waals surface area contributed by atoms with Gasteiger partial charge in [-0.1, -0.05) is 23.7 Å². The van der Waals surface area contributed by atoms with Crippen LogP contribution in [0.3, 0.4) is 0 Å². The number of anilines is 2. The van der Waals surface area contributed by atoms with Crippen molar-refractivity contribution in [1.29, 1.82) is 0 Å². The van der Waals surface area contributed by atoms with E-state index in [2.05, 4.69) is 5.32 Å². The third kappa shape index (κ3) is 3.57. The summed E-state index contributed by atoms with van der Waals surface area (Å²) in [6.07, 6.45) is 3.27. The summed E-state index contributed by atoms with van der Waals surface area (Å²) in [7, 11) is 0. The molecule has 3 aromatic rings. The van der Waals surface area contributed by atoms with Crippen molar-refractivity contribution in [1.82, 2.24) is 9.97 Å². The molecule has 0 saturated carbocycles. The van der Waals surface area contributed by atoms with Crippen LogP contribution in [0, 0.1) is 0 Å². The largest absolute Gasteiger partial charge is 0.369 e. The van der Waals surface area contributed by atoms with Gasteiger partial charge in [0.25, 0.3) is 0 Å². The van der Waals surface area contributed by atoms with Crippen LogP contribution in [0.4, 0.5) is 11.5 Å². The van der Waals surface area contributed by atoms with Crippen molar-refractivity contribution in [3.63, 3.8) is 0 Å². The summed E-state index contributed by atoms with van der Waals surface area (Å²) in [5.74, 6) is 1.21. The van der Waals surface area contributed by atoms with Crippen molar-refractivity contribution in [3.8, 4) is 10.7 Å². The van der Waals surface area contributed by atoms with Crippen LogP contribution in [0.15, 0.2) is 36.4 Å². The Bertz CT molecular complexity index is 968. The number of thiophene rings is 1. The van der Waals surface area contributed by atoms with Gasteiger partial charge in [0.05, 0.1) is 15.6 Å². The Morgan fingerprint density at radius 1 is 1.15 bits per heavy atom. The third-order valence-corrected chi connectivity index (χ3v) is 5.55. The first kappa shape index (κ1) is 17.0. The molecule has 5 nitrogen and oxygen atoms in total. The normalized spacial score (nSPS) is 12.8. The fraction of sp³-hybridized carbons (Fsp3) is 0.211. The van der Waals surface area contributed by atoms with E-state index in [0.29, 0.717) is 5.82 Å². The third-order valence-electron chi connectivity index (χ3n) is 4.32. The summed E-state index contributed by atoms with van der Waals surface area (Å²) in [6.45, 7) is 0. The quantitative estimate of drug-likeness (QED) is 0.693. The molecule has 0 bridgehead atoms. The molecule has 1 aliphatic rings. The first-order chi connectivity index (χ1) is 12.6. The molecule has 132 valence electrons. The molecule has 2 heterocycles. The van der Waals surface area contributed by atoms with E-state index < -0.39 is 0 Å². The van der Waals surface area contributed by atoms with Gasteiger partial charge in [0, 0.05) is 16.9 Å². The van der Waals surface area contributed by atoms with Crippen LogP contribution in [0.25, 0.3) is 10.7 Å². The van der Waals surface area contributed by atoms with Gasteiger partial charge in [-0.25, -0.2) is 9.97 Å². The zero-order chi connectivity index (χ0) is 18.1. The highest BCUT2D eigenvalue weighted by Gasteiger charge is 2.20. The molecule has 3 N–H and O–H groups in total. The number of rotatable bonds is 5. The van der Waals surface area contributed by atoms with Crippen molar-refractivity contribution >= 4 is 40.4 Å². The van der Waals surface area contributed by atoms with E-state index >= 15 is 0 Å². The number of hydrogen-bond acceptors (Lipinski definition) is 5. The van der Waals surface area contributed by atoms with Crippen LogP contribution in [0.2, 0.25) is 4.34 Å². The number of nitrogens with zero attached hydrogens (tertiary/aromatic N) is 2. The molecular formula is C19H17ClN4OS. The van der Waals surface area contributed by atoms with Crippen LogP contribution in [-0.2, 0) is 24.1 Å². The average Bonchev–Trinajstić information content (AvgIpc) is 3.25. The smallest absolute Gasteiger partial charge is 0.221 e. The van der Waals surface area contributed by atoms with E-state index in [1.165, 1.54) is 16.9 Å². The van der Waals surface area contributed by atoms with E-state index in [4.69, 9.17) is 27.3 Å². The molecule has 0 atom stereocenters. The Morgan fingerprint density at radius 3 is 2.65 bits per heavy atom. The maximum Gasteiger partial charge on any atom is 0.221 e. The maximum absolute atomic E-state index is 11.0. The number of primary amides is 1. The lowest BCUT2D eigenvalue weighted by Gasteiger charge is -2.12. The molecule has 26 heavy (non-hydrogen) atoms. The Labute approximate surface area is 160 Å². The van der Waals surface area contributed by atoms with Gasteiger partial charge in [-0.05, 0) is 49.1 Å². The Balaban J connectivity index is 1.65. The second-order valence-electron chi connectivity index (χ2n) is 6.24. The first-order valence-electron chi connectivity index (χ1n) is 8.38. The molecule has 0 fully saturated rings. The van der Waals surface area contributed by atoms with Crippen LogP contribution in [0.5, 0.6) is 0 Å². The lowest BCUT2D eigenvalue weighted by molar-refractivity contribution is -0.117. The highest BCUT2D eigenvalue weighted by Crippen LogP contribution is 2.34. The molecule has 0 saturated heterocycles. The minimum absolute atomic E-state index is 0.243. The Hall–Kier alpha value is -2.44. The van der Waals surface area contributed by atoms with Gasteiger partial charge >= 0.3 is 0 Å². The molecule has 7 heteroatoms. The van der Waals surface area contributed by atoms with Gasteiger partial charge in [-0.3, -0.25) is 4.79 Å². The molecule has 0 aliphatic heterocycles. The Morgan fingerprint density at radius 2 is 1.96 bits per heavy atom. The van der Waals surface area contributed by atoms with E-state index in [1.54, 1.807) is 0 Å². The lowest BCUT2D eigenvalue weighted by atomic mass is 10.1. The number of aryl methyl sites for hydroxylation is 1. The average molecular weight is 385 g/mol. The van der Waals surface area contributed by atoms with Crippen LogP contribution < -0.4 is 11.1 Å². The van der Waals surface area contributed by atoms with Gasteiger partial charge in [0.1, 0.15) is 5.82 Å². The summed E-state index contributed by atoms with van der Waals surface area (Å²) in [6, 6.07) is 11.5. The number of carbonyl (C=O) groups is 1. The van der Waals surface area contributed by atoms with Crippen molar-refractivity contribution < 1.29 is 4.79 Å². The summed E-state index contributed by atoms with van der Waals surface area (Å²) in [5.41, 5.74) is 9.33. The van der Waals surface area contributed by atoms with Crippen LogP contribution >= 0.6 is 22.9 Å². The van der Waals surface area contributed by atoms with E-state index in [-0.39, 0.29) is 12.3 Å². The van der Waals surface area contributed by atoms with E-state index in [1.807, 2.05) is 36.4 Å². The van der Waals surface area contributed by atoms with Gasteiger partial charge in [-0.15, -0.1) is 11.3 Å². The summed E-state index contributed by atoms with van der Waals surface area (Å²) in [5, 5.41) is 3.41. The molecule has 1 amide bonds. The monoisotopic (exact) mass is 384 g/mol. The van der Waals surface area contributed by atoms with Crippen LogP contribution in [0.1, 0.15) is 23.2 Å². The fourth-order valence-corrected chi connectivity index (χ4v) is 4.10. The topological polar surface area (TPSA) is 80.9 Å². The molecule has 1 aromatic carbocycles. The summed E-state index contributed by atoms with van der Waals surface area (Å²) >= 11 is 7.54. The number of fused-ring (bicyclic) bond motifs is 1. The maximum atomic E-state index is 11.0. The predicted molar refractivity (Wildman–Crippen MR) is 105 cm³/mol. The number of nitrogens with two attached hydrogens (primary N) is 1. The molecule has 0 radical (unpaired) electrons. The second-order valence-corrected chi connectivity index (χ2v) is 7.96. The van der Waals surface area contributed by atoms with E-state index in [9.17, 15) is 4.79 Å². The highest BCUT2D eigenvalue weighted by molar-refractivity contribution is 7.19. The number of halogens is 1. The number of carbonyl (C=O) groups excluding carboxylic acids is 1. The highest BCUT2D eigenvalue weighted by atomic mass is 35.5. The van der Waals surface area contributed by atoms with Crippen LogP contribution in [-0.4, -0.2) is 15.9 Å². The number of amides is 1. The summed E-state index contributed by atoms with van der Waals surface area (Å²) in [4.78, 5) is 21.5. The van der Waals surface area contributed by atoms with Crippen molar-refractivity contribution in [2.75, 3.05) is 5.32 Å². The molecule has 4 rings (SSSR count).